The lowest BCUT2D eigenvalue weighted by atomic mass is 9.84. The molecule has 0 bridgehead atoms. The van der Waals surface area contributed by atoms with Crippen molar-refractivity contribution in [2.45, 2.75) is 57.2 Å². The summed E-state index contributed by atoms with van der Waals surface area (Å²) in [5.74, 6) is -0.397. The Kier molecular flexibility index (Phi) is 5.47. The zero-order chi connectivity index (χ0) is 23.2. The Morgan fingerprint density at radius 3 is 2.61 bits per heavy atom. The number of fused-ring (bicyclic) bond motifs is 2. The normalized spacial score (nSPS) is 24.5. The molecule has 2 aromatic rings. The molecule has 5 rings (SSSR count). The van der Waals surface area contributed by atoms with Crippen molar-refractivity contribution in [2.75, 3.05) is 7.11 Å². The fourth-order valence-electron chi connectivity index (χ4n) is 5.57. The lowest BCUT2D eigenvalue weighted by molar-refractivity contribution is -0.140. The van der Waals surface area contributed by atoms with Crippen LogP contribution in [0.15, 0.2) is 48.5 Å². The molecule has 33 heavy (non-hydrogen) atoms. The van der Waals surface area contributed by atoms with Crippen molar-refractivity contribution in [1.29, 1.82) is 0 Å². The number of nitrogens with zero attached hydrogens (tertiary/aromatic N) is 1. The molecule has 2 aromatic carbocycles. The average Bonchev–Trinajstić information content (AvgIpc) is 3.58. The van der Waals surface area contributed by atoms with Gasteiger partial charge in [-0.2, -0.15) is 0 Å². The Morgan fingerprint density at radius 2 is 1.91 bits per heavy atom. The maximum absolute atomic E-state index is 13.6. The van der Waals surface area contributed by atoms with Gasteiger partial charge >= 0.3 is 0 Å². The van der Waals surface area contributed by atoms with E-state index in [2.05, 4.69) is 12.2 Å². The first-order valence-electron chi connectivity index (χ1n) is 11.8. The molecule has 1 aliphatic heterocycles. The lowest BCUT2D eigenvalue weighted by Gasteiger charge is -2.30. The zero-order valence-corrected chi connectivity index (χ0v) is 19.2. The van der Waals surface area contributed by atoms with Gasteiger partial charge in [-0.25, -0.2) is 0 Å². The van der Waals surface area contributed by atoms with Crippen LogP contribution in [0.5, 0.6) is 5.75 Å². The van der Waals surface area contributed by atoms with E-state index in [4.69, 9.17) is 4.74 Å². The Balaban J connectivity index is 1.38. The van der Waals surface area contributed by atoms with Crippen LogP contribution < -0.4 is 10.1 Å². The molecule has 6 nitrogen and oxygen atoms in total. The van der Waals surface area contributed by atoms with E-state index in [1.165, 1.54) is 0 Å². The molecule has 1 heterocycles. The topological polar surface area (TPSA) is 75.7 Å². The fourth-order valence-corrected chi connectivity index (χ4v) is 5.57. The molecular weight excluding hydrogens is 416 g/mol. The monoisotopic (exact) mass is 446 g/mol. The zero-order valence-electron chi connectivity index (χ0n) is 19.2. The summed E-state index contributed by atoms with van der Waals surface area (Å²) in [5, 5.41) is 2.98. The highest BCUT2D eigenvalue weighted by molar-refractivity contribution is 6.15. The second-order valence-corrected chi connectivity index (χ2v) is 9.59. The van der Waals surface area contributed by atoms with Gasteiger partial charge in [0.05, 0.1) is 7.11 Å². The standard InChI is InChI=1S/C27H30N2O4/c1-17(19-11-12-19)29(16-18-7-4-3-5-8-18)24(30)15-21-25(31)27(28-26(21)32)14-13-20-22(27)9-6-10-23(20)33-2/h3-10,17,19,21H,11-16H2,1-2H3,(H,28,32). The molecule has 0 aromatic heterocycles. The summed E-state index contributed by atoms with van der Waals surface area (Å²) in [4.78, 5) is 42.0. The number of rotatable bonds is 7. The minimum Gasteiger partial charge on any atom is -0.496 e. The van der Waals surface area contributed by atoms with Crippen LogP contribution in [-0.2, 0) is 32.9 Å². The van der Waals surface area contributed by atoms with Gasteiger partial charge in [0, 0.05) is 24.6 Å². The summed E-state index contributed by atoms with van der Waals surface area (Å²) in [6, 6.07) is 15.6. The van der Waals surface area contributed by atoms with Crippen molar-refractivity contribution in [2.24, 2.45) is 11.8 Å². The third kappa shape index (κ3) is 3.71. The molecule has 1 spiro atoms. The summed E-state index contributed by atoms with van der Waals surface area (Å²) in [6.45, 7) is 2.57. The fraction of sp³-hybridized carbons (Fsp3) is 0.444. The molecule has 2 amide bonds. The van der Waals surface area contributed by atoms with E-state index in [-0.39, 0.29) is 30.1 Å². The van der Waals surface area contributed by atoms with Crippen molar-refractivity contribution < 1.29 is 19.1 Å². The van der Waals surface area contributed by atoms with Gasteiger partial charge in [0.1, 0.15) is 17.2 Å². The second-order valence-electron chi connectivity index (χ2n) is 9.59. The molecule has 172 valence electrons. The number of ketones is 1. The molecule has 6 heteroatoms. The van der Waals surface area contributed by atoms with Gasteiger partial charge in [-0.15, -0.1) is 0 Å². The van der Waals surface area contributed by atoms with Crippen molar-refractivity contribution in [1.82, 2.24) is 10.2 Å². The van der Waals surface area contributed by atoms with Crippen molar-refractivity contribution >= 4 is 17.6 Å². The van der Waals surface area contributed by atoms with Gasteiger partial charge in [0.15, 0.2) is 5.78 Å². The summed E-state index contributed by atoms with van der Waals surface area (Å²) >= 11 is 0. The Morgan fingerprint density at radius 1 is 1.15 bits per heavy atom. The predicted molar refractivity (Wildman–Crippen MR) is 123 cm³/mol. The van der Waals surface area contributed by atoms with E-state index in [9.17, 15) is 14.4 Å². The van der Waals surface area contributed by atoms with E-state index in [1.54, 1.807) is 7.11 Å². The minimum atomic E-state index is -1.04. The van der Waals surface area contributed by atoms with Crippen molar-refractivity contribution in [3.05, 3.63) is 65.2 Å². The van der Waals surface area contributed by atoms with Crippen LogP contribution in [0.2, 0.25) is 0 Å². The number of nitrogens with one attached hydrogen (secondary N) is 1. The molecule has 2 aliphatic carbocycles. The van der Waals surface area contributed by atoms with Gasteiger partial charge in [0.2, 0.25) is 11.8 Å². The first-order valence-corrected chi connectivity index (χ1v) is 11.8. The molecule has 1 N–H and O–H groups in total. The molecule has 3 unspecified atom stereocenters. The van der Waals surface area contributed by atoms with Gasteiger partial charge in [-0.3, -0.25) is 14.4 Å². The van der Waals surface area contributed by atoms with E-state index in [0.29, 0.717) is 25.3 Å². The number of methoxy groups -OCH3 is 1. The highest BCUT2D eigenvalue weighted by Gasteiger charge is 2.57. The number of carbonyl (C=O) groups excluding carboxylic acids is 3. The third-order valence-corrected chi connectivity index (χ3v) is 7.64. The largest absolute Gasteiger partial charge is 0.496 e. The summed E-state index contributed by atoms with van der Waals surface area (Å²) in [7, 11) is 1.61. The maximum atomic E-state index is 13.6. The summed E-state index contributed by atoms with van der Waals surface area (Å²) in [6.07, 6.45) is 3.30. The Labute approximate surface area is 194 Å². The molecule has 1 saturated heterocycles. The summed E-state index contributed by atoms with van der Waals surface area (Å²) < 4.78 is 5.47. The average molecular weight is 447 g/mol. The highest BCUT2D eigenvalue weighted by atomic mass is 16.5. The van der Waals surface area contributed by atoms with Crippen LogP contribution >= 0.6 is 0 Å². The van der Waals surface area contributed by atoms with Crippen molar-refractivity contribution in [3.63, 3.8) is 0 Å². The van der Waals surface area contributed by atoms with Crippen LogP contribution in [0.1, 0.15) is 49.3 Å². The SMILES string of the molecule is COc1cccc2c1CCC21NC(=O)C(CC(=O)N(Cc2ccccc2)C(C)C2CC2)C1=O. The van der Waals surface area contributed by atoms with E-state index in [1.807, 2.05) is 53.4 Å². The Bertz CT molecular complexity index is 1090. The van der Waals surface area contributed by atoms with Crippen LogP contribution in [0.25, 0.3) is 0 Å². The molecular formula is C27H30N2O4. The molecule has 3 atom stereocenters. The number of benzene rings is 2. The van der Waals surface area contributed by atoms with Gasteiger partial charge in [-0.05, 0) is 55.7 Å². The number of hydrogen-bond acceptors (Lipinski definition) is 4. The van der Waals surface area contributed by atoms with Gasteiger partial charge in [-0.1, -0.05) is 42.5 Å². The highest BCUT2D eigenvalue weighted by Crippen LogP contribution is 2.46. The number of ether oxygens (including phenoxy) is 1. The molecule has 0 radical (unpaired) electrons. The number of carbonyl (C=O) groups is 3. The summed E-state index contributed by atoms with van der Waals surface area (Å²) in [5.41, 5.74) is 1.78. The van der Waals surface area contributed by atoms with Crippen LogP contribution in [0.3, 0.4) is 0 Å². The van der Waals surface area contributed by atoms with Crippen LogP contribution in [0.4, 0.5) is 0 Å². The van der Waals surface area contributed by atoms with E-state index in [0.717, 1.165) is 35.3 Å². The van der Waals surface area contributed by atoms with Crippen LogP contribution in [-0.4, -0.2) is 35.6 Å². The maximum Gasteiger partial charge on any atom is 0.232 e. The number of hydrogen-bond donors (Lipinski definition) is 1. The molecule has 3 aliphatic rings. The second kappa shape index (κ2) is 8.32. The lowest BCUT2D eigenvalue weighted by Crippen LogP contribution is -2.42. The van der Waals surface area contributed by atoms with E-state index < -0.39 is 11.5 Å². The number of amides is 2. The molecule has 2 fully saturated rings. The van der Waals surface area contributed by atoms with Gasteiger partial charge < -0.3 is 15.0 Å². The molecule has 1 saturated carbocycles. The first kappa shape index (κ1) is 21.7. The first-order chi connectivity index (χ1) is 15.9. The number of Topliss-reactive ketones (excluding diaryl/α,β-unsaturated/α-hetero) is 1. The predicted octanol–water partition coefficient (Wildman–Crippen LogP) is 3.37. The minimum absolute atomic E-state index is 0.0858. The van der Waals surface area contributed by atoms with Crippen molar-refractivity contribution in [3.8, 4) is 5.75 Å². The van der Waals surface area contributed by atoms with E-state index >= 15 is 0 Å². The quantitative estimate of drug-likeness (QED) is 0.662. The van der Waals surface area contributed by atoms with Crippen LogP contribution in [0, 0.1) is 11.8 Å². The van der Waals surface area contributed by atoms with Gasteiger partial charge in [0.25, 0.3) is 0 Å². The Hall–Kier alpha value is -3.15. The smallest absolute Gasteiger partial charge is 0.232 e. The third-order valence-electron chi connectivity index (χ3n) is 7.64.